The first kappa shape index (κ1) is 24.8. The molecule has 7 N–H and O–H groups in total. The van der Waals surface area contributed by atoms with Gasteiger partial charge in [0, 0.05) is 31.3 Å². The second kappa shape index (κ2) is 11.2. The molecule has 4 atom stereocenters. The third kappa shape index (κ3) is 6.77. The lowest BCUT2D eigenvalue weighted by Crippen LogP contribution is -2.56. The summed E-state index contributed by atoms with van der Waals surface area (Å²) in [6.45, 7) is 1.64. The van der Waals surface area contributed by atoms with Crippen molar-refractivity contribution in [2.24, 2.45) is 5.73 Å². The highest BCUT2D eigenvalue weighted by Crippen LogP contribution is 2.20. The third-order valence-corrected chi connectivity index (χ3v) is 5.11. The molecule has 4 unspecified atom stereocenters. The Kier molecular flexibility index (Phi) is 8.70. The number of carboxylic acid groups (broad SMARTS) is 2. The van der Waals surface area contributed by atoms with Crippen LogP contribution in [0.5, 0.6) is 0 Å². The minimum Gasteiger partial charge on any atom is -0.481 e. The van der Waals surface area contributed by atoms with Gasteiger partial charge in [0.25, 0.3) is 0 Å². The number of H-pyrrole nitrogens is 1. The topological polar surface area (TPSA) is 208 Å². The molecule has 1 aliphatic heterocycles. The molecule has 1 aromatic heterocycles. The van der Waals surface area contributed by atoms with Gasteiger partial charge >= 0.3 is 11.9 Å². The highest BCUT2D eigenvalue weighted by molar-refractivity contribution is 5.94. The van der Waals surface area contributed by atoms with Crippen molar-refractivity contribution in [2.75, 3.05) is 6.54 Å². The Hall–Kier alpha value is -3.48. The number of carbonyl (C=O) groups excluding carboxylic acids is 3. The van der Waals surface area contributed by atoms with Crippen LogP contribution >= 0.6 is 0 Å². The number of hydrogen-bond donors (Lipinski definition) is 6. The molecule has 0 spiro atoms. The standard InChI is InChI=1S/C19H28N6O7/c1-10(20)16(28)23-12(4-5-15(26)27)18(30)25-6-2-3-14(25)17(29)24-13(19(31)32)7-11-8-21-9-22-11/h8-10,12-14H,2-7,20H2,1H3,(H,21,22)(H,23,28)(H,24,29)(H,26,27)(H,31,32). The summed E-state index contributed by atoms with van der Waals surface area (Å²) in [5.74, 6) is -4.26. The number of aromatic amines is 1. The summed E-state index contributed by atoms with van der Waals surface area (Å²) in [5, 5.41) is 23.3. The number of aliphatic carboxylic acids is 2. The minimum atomic E-state index is -1.24. The number of rotatable bonds is 11. The molecule has 0 aromatic carbocycles. The molecule has 176 valence electrons. The summed E-state index contributed by atoms with van der Waals surface area (Å²) in [6, 6.07) is -4.25. The number of nitrogens with one attached hydrogen (secondary N) is 3. The number of nitrogens with two attached hydrogens (primary N) is 1. The van der Waals surface area contributed by atoms with Crippen LogP contribution in [0.15, 0.2) is 12.5 Å². The van der Waals surface area contributed by atoms with E-state index >= 15 is 0 Å². The number of carboxylic acids is 2. The minimum absolute atomic E-state index is 0.0204. The summed E-state index contributed by atoms with van der Waals surface area (Å²) < 4.78 is 0. The van der Waals surface area contributed by atoms with Crippen molar-refractivity contribution in [1.82, 2.24) is 25.5 Å². The molecule has 3 amide bonds. The van der Waals surface area contributed by atoms with Gasteiger partial charge in [-0.3, -0.25) is 19.2 Å². The van der Waals surface area contributed by atoms with Crippen LogP contribution in [0.25, 0.3) is 0 Å². The number of imidazole rings is 1. The Balaban J connectivity index is 2.11. The zero-order chi connectivity index (χ0) is 23.8. The number of amides is 3. The zero-order valence-electron chi connectivity index (χ0n) is 17.6. The fourth-order valence-corrected chi connectivity index (χ4v) is 3.42. The average Bonchev–Trinajstić information content (AvgIpc) is 3.41. The fourth-order valence-electron chi connectivity index (χ4n) is 3.42. The lowest BCUT2D eigenvalue weighted by Gasteiger charge is -2.29. The molecule has 1 aromatic rings. The van der Waals surface area contributed by atoms with Gasteiger partial charge in [-0.15, -0.1) is 0 Å². The van der Waals surface area contributed by atoms with Crippen molar-refractivity contribution in [1.29, 1.82) is 0 Å². The van der Waals surface area contributed by atoms with E-state index in [2.05, 4.69) is 20.6 Å². The maximum absolute atomic E-state index is 13.1. The maximum atomic E-state index is 13.1. The van der Waals surface area contributed by atoms with E-state index in [4.69, 9.17) is 10.8 Å². The smallest absolute Gasteiger partial charge is 0.326 e. The highest BCUT2D eigenvalue weighted by Gasteiger charge is 2.39. The van der Waals surface area contributed by atoms with Crippen LogP contribution in [0, 0.1) is 0 Å². The number of aromatic nitrogens is 2. The van der Waals surface area contributed by atoms with Gasteiger partial charge in [-0.2, -0.15) is 0 Å². The molecule has 1 saturated heterocycles. The number of carbonyl (C=O) groups is 5. The van der Waals surface area contributed by atoms with Crippen molar-refractivity contribution in [2.45, 2.75) is 63.2 Å². The van der Waals surface area contributed by atoms with Crippen molar-refractivity contribution in [3.8, 4) is 0 Å². The van der Waals surface area contributed by atoms with Gasteiger partial charge in [0.05, 0.1) is 12.4 Å². The quantitative estimate of drug-likeness (QED) is 0.224. The molecule has 13 heteroatoms. The van der Waals surface area contributed by atoms with Crippen LogP contribution in [-0.4, -0.2) is 85.5 Å². The average molecular weight is 452 g/mol. The van der Waals surface area contributed by atoms with Crippen LogP contribution in [0.1, 0.15) is 38.3 Å². The molecule has 0 aliphatic carbocycles. The van der Waals surface area contributed by atoms with Gasteiger partial charge in [0.15, 0.2) is 0 Å². The fraction of sp³-hybridized carbons (Fsp3) is 0.579. The molecule has 1 aliphatic rings. The summed E-state index contributed by atoms with van der Waals surface area (Å²) in [5.41, 5.74) is 6.05. The first-order valence-corrected chi connectivity index (χ1v) is 10.2. The van der Waals surface area contributed by atoms with Gasteiger partial charge in [0.2, 0.25) is 17.7 Å². The van der Waals surface area contributed by atoms with Crippen molar-refractivity contribution >= 4 is 29.7 Å². The Bertz CT molecular complexity index is 841. The van der Waals surface area contributed by atoms with E-state index in [1.807, 2.05) is 0 Å². The van der Waals surface area contributed by atoms with E-state index in [9.17, 15) is 29.1 Å². The first-order valence-electron chi connectivity index (χ1n) is 10.2. The van der Waals surface area contributed by atoms with Crippen molar-refractivity contribution in [3.05, 3.63) is 18.2 Å². The normalized spacial score (nSPS) is 18.4. The monoisotopic (exact) mass is 452 g/mol. The van der Waals surface area contributed by atoms with Crippen LogP contribution in [-0.2, 0) is 30.4 Å². The number of likely N-dealkylation sites (tertiary alicyclic amines) is 1. The van der Waals surface area contributed by atoms with Crippen LogP contribution in [0.4, 0.5) is 0 Å². The van der Waals surface area contributed by atoms with Crippen LogP contribution < -0.4 is 16.4 Å². The Morgan fingerprint density at radius 2 is 1.97 bits per heavy atom. The molecule has 1 fully saturated rings. The molecular formula is C19H28N6O7. The van der Waals surface area contributed by atoms with E-state index in [1.165, 1.54) is 24.3 Å². The van der Waals surface area contributed by atoms with Crippen molar-refractivity contribution in [3.63, 3.8) is 0 Å². The Labute approximate surface area is 183 Å². The lowest BCUT2D eigenvalue weighted by molar-refractivity contribution is -0.145. The van der Waals surface area contributed by atoms with E-state index in [0.717, 1.165) is 0 Å². The van der Waals surface area contributed by atoms with Gasteiger partial charge in [-0.25, -0.2) is 9.78 Å². The maximum Gasteiger partial charge on any atom is 0.326 e. The molecule has 2 heterocycles. The second-order valence-electron chi connectivity index (χ2n) is 7.65. The predicted octanol–water partition coefficient (Wildman–Crippen LogP) is -1.79. The van der Waals surface area contributed by atoms with Gasteiger partial charge in [-0.1, -0.05) is 0 Å². The molecule has 2 rings (SSSR count). The largest absolute Gasteiger partial charge is 0.481 e. The zero-order valence-corrected chi connectivity index (χ0v) is 17.6. The van der Waals surface area contributed by atoms with Crippen molar-refractivity contribution < 1.29 is 34.2 Å². The van der Waals surface area contributed by atoms with Crippen LogP contribution in [0.3, 0.4) is 0 Å². The first-order chi connectivity index (χ1) is 15.1. The molecule has 32 heavy (non-hydrogen) atoms. The number of nitrogens with zero attached hydrogens (tertiary/aromatic N) is 2. The molecule has 0 saturated carbocycles. The highest BCUT2D eigenvalue weighted by atomic mass is 16.4. The summed E-state index contributed by atoms with van der Waals surface area (Å²) in [4.78, 5) is 68.3. The summed E-state index contributed by atoms with van der Waals surface area (Å²) in [7, 11) is 0. The third-order valence-electron chi connectivity index (χ3n) is 5.11. The van der Waals surface area contributed by atoms with Gasteiger partial charge < -0.3 is 36.5 Å². The van der Waals surface area contributed by atoms with Crippen LogP contribution in [0.2, 0.25) is 0 Å². The lowest BCUT2D eigenvalue weighted by atomic mass is 10.1. The molecule has 0 radical (unpaired) electrons. The predicted molar refractivity (Wildman–Crippen MR) is 109 cm³/mol. The molecule has 0 bridgehead atoms. The molecule has 13 nitrogen and oxygen atoms in total. The summed E-state index contributed by atoms with van der Waals surface area (Å²) in [6.07, 6.45) is 3.08. The van der Waals surface area contributed by atoms with Gasteiger partial charge in [0.1, 0.15) is 18.1 Å². The molecular weight excluding hydrogens is 424 g/mol. The van der Waals surface area contributed by atoms with E-state index in [-0.39, 0.29) is 25.8 Å². The second-order valence-corrected chi connectivity index (χ2v) is 7.65. The number of hydrogen-bond acceptors (Lipinski definition) is 7. The summed E-state index contributed by atoms with van der Waals surface area (Å²) >= 11 is 0. The van der Waals surface area contributed by atoms with Gasteiger partial charge in [-0.05, 0) is 26.2 Å². The van der Waals surface area contributed by atoms with E-state index in [0.29, 0.717) is 18.5 Å². The van der Waals surface area contributed by atoms with E-state index < -0.39 is 53.8 Å². The van der Waals surface area contributed by atoms with E-state index in [1.54, 1.807) is 0 Å². The SMILES string of the molecule is CC(N)C(=O)NC(CCC(=O)O)C(=O)N1CCCC1C(=O)NC(Cc1cnc[nH]1)C(=O)O. The Morgan fingerprint density at radius 1 is 1.25 bits per heavy atom. The Morgan fingerprint density at radius 3 is 2.53 bits per heavy atom.